The van der Waals surface area contributed by atoms with Gasteiger partial charge in [0.2, 0.25) is 11.8 Å². The Morgan fingerprint density at radius 1 is 1.31 bits per heavy atom. The maximum Gasteiger partial charge on any atom is 0.240 e. The zero-order valence-corrected chi connectivity index (χ0v) is 16.2. The van der Waals surface area contributed by atoms with Crippen molar-refractivity contribution in [3.05, 3.63) is 46.8 Å². The van der Waals surface area contributed by atoms with Gasteiger partial charge in [-0.1, -0.05) is 44.7 Å². The molecule has 1 fully saturated rings. The van der Waals surface area contributed by atoms with Crippen molar-refractivity contribution in [3.63, 3.8) is 0 Å². The molecule has 2 rings (SSSR count). The highest BCUT2D eigenvalue weighted by Gasteiger charge is 2.31. The fraction of sp³-hybridized carbons (Fsp3) is 0.421. The molecule has 1 saturated heterocycles. The van der Waals surface area contributed by atoms with Gasteiger partial charge in [-0.2, -0.15) is 0 Å². The van der Waals surface area contributed by atoms with Crippen molar-refractivity contribution in [1.29, 1.82) is 0 Å². The SMILES string of the molecule is CC(NC(=O)CN1C(=O)CSC1=CC(=O)C(C)(C)C)c1ccc(F)cc1. The first-order chi connectivity index (χ1) is 12.1. The van der Waals surface area contributed by atoms with Gasteiger partial charge in [0.05, 0.1) is 16.8 Å². The Balaban J connectivity index is 2.03. The molecule has 0 spiro atoms. The Morgan fingerprint density at radius 2 is 1.92 bits per heavy atom. The van der Waals surface area contributed by atoms with Crippen LogP contribution in [0, 0.1) is 11.2 Å². The lowest BCUT2D eigenvalue weighted by Gasteiger charge is -2.20. The third kappa shape index (κ3) is 5.17. The standard InChI is InChI=1S/C19H23FN2O3S/c1-12(13-5-7-14(20)8-6-13)21-16(24)10-22-17(25)11-26-18(22)9-15(23)19(2,3)4/h5-9,12H,10-11H2,1-4H3,(H,21,24). The van der Waals surface area contributed by atoms with Gasteiger partial charge in [-0.15, -0.1) is 0 Å². The van der Waals surface area contributed by atoms with Gasteiger partial charge in [0.25, 0.3) is 0 Å². The molecule has 1 atom stereocenters. The summed E-state index contributed by atoms with van der Waals surface area (Å²) in [5, 5.41) is 3.29. The summed E-state index contributed by atoms with van der Waals surface area (Å²) in [7, 11) is 0. The van der Waals surface area contributed by atoms with Crippen LogP contribution < -0.4 is 5.32 Å². The summed E-state index contributed by atoms with van der Waals surface area (Å²) < 4.78 is 13.0. The van der Waals surface area contributed by atoms with Crippen LogP contribution >= 0.6 is 11.8 Å². The number of rotatable bonds is 5. The predicted octanol–water partition coefficient (Wildman–Crippen LogP) is 3.03. The van der Waals surface area contributed by atoms with Crippen LogP contribution in [0.25, 0.3) is 0 Å². The van der Waals surface area contributed by atoms with Crippen molar-refractivity contribution >= 4 is 29.4 Å². The monoisotopic (exact) mass is 378 g/mol. The lowest BCUT2D eigenvalue weighted by molar-refractivity contribution is -0.131. The summed E-state index contributed by atoms with van der Waals surface area (Å²) in [6.07, 6.45) is 1.44. The van der Waals surface area contributed by atoms with E-state index in [2.05, 4.69) is 5.32 Å². The van der Waals surface area contributed by atoms with Crippen LogP contribution in [-0.2, 0) is 14.4 Å². The maximum atomic E-state index is 13.0. The molecule has 1 aliphatic rings. The molecule has 1 aliphatic heterocycles. The number of nitrogens with one attached hydrogen (secondary N) is 1. The number of allylic oxidation sites excluding steroid dienone is 1. The number of benzene rings is 1. The van der Waals surface area contributed by atoms with Crippen molar-refractivity contribution < 1.29 is 18.8 Å². The Hall–Kier alpha value is -2.15. The number of halogens is 1. The molecule has 2 amide bonds. The zero-order chi connectivity index (χ0) is 19.5. The van der Waals surface area contributed by atoms with E-state index >= 15 is 0 Å². The topological polar surface area (TPSA) is 66.5 Å². The number of amides is 2. The average molecular weight is 378 g/mol. The quantitative estimate of drug-likeness (QED) is 0.800. The van der Waals surface area contributed by atoms with Gasteiger partial charge >= 0.3 is 0 Å². The van der Waals surface area contributed by atoms with E-state index in [1.165, 1.54) is 34.9 Å². The molecular formula is C19H23FN2O3S. The minimum atomic E-state index is -0.551. The molecule has 0 radical (unpaired) electrons. The minimum Gasteiger partial charge on any atom is -0.348 e. The molecule has 1 unspecified atom stereocenters. The molecule has 1 aromatic carbocycles. The molecule has 1 heterocycles. The van der Waals surface area contributed by atoms with Crippen LogP contribution in [-0.4, -0.2) is 34.8 Å². The van der Waals surface area contributed by atoms with Crippen molar-refractivity contribution in [2.75, 3.05) is 12.3 Å². The number of hydrogen-bond acceptors (Lipinski definition) is 4. The third-order valence-corrected chi connectivity index (χ3v) is 4.98. The third-order valence-electron chi connectivity index (χ3n) is 3.95. The molecule has 140 valence electrons. The number of ketones is 1. The van der Waals surface area contributed by atoms with Gasteiger partial charge in [-0.3, -0.25) is 19.3 Å². The smallest absolute Gasteiger partial charge is 0.240 e. The number of thioether (sulfide) groups is 1. The number of carbonyl (C=O) groups excluding carboxylic acids is 3. The maximum absolute atomic E-state index is 13.0. The normalized spacial score (nSPS) is 17.5. The largest absolute Gasteiger partial charge is 0.348 e. The van der Waals surface area contributed by atoms with E-state index in [1.807, 2.05) is 0 Å². The van der Waals surface area contributed by atoms with Gasteiger partial charge in [-0.25, -0.2) is 4.39 Å². The first-order valence-electron chi connectivity index (χ1n) is 8.32. The van der Waals surface area contributed by atoms with Crippen LogP contribution in [0.2, 0.25) is 0 Å². The number of carbonyl (C=O) groups is 3. The summed E-state index contributed by atoms with van der Waals surface area (Å²) >= 11 is 1.26. The molecular weight excluding hydrogens is 355 g/mol. The van der Waals surface area contributed by atoms with E-state index in [-0.39, 0.29) is 41.8 Å². The van der Waals surface area contributed by atoms with Crippen LogP contribution in [0.15, 0.2) is 35.4 Å². The van der Waals surface area contributed by atoms with Gasteiger partial charge in [-0.05, 0) is 24.6 Å². The predicted molar refractivity (Wildman–Crippen MR) is 99.7 cm³/mol. The van der Waals surface area contributed by atoms with E-state index < -0.39 is 5.41 Å². The fourth-order valence-electron chi connectivity index (χ4n) is 2.29. The van der Waals surface area contributed by atoms with Crippen molar-refractivity contribution in [1.82, 2.24) is 10.2 Å². The van der Waals surface area contributed by atoms with Crippen LogP contribution in [0.3, 0.4) is 0 Å². The molecule has 1 N–H and O–H groups in total. The van der Waals surface area contributed by atoms with Gasteiger partial charge in [0.15, 0.2) is 5.78 Å². The number of nitrogens with zero attached hydrogens (tertiary/aromatic N) is 1. The van der Waals surface area contributed by atoms with Gasteiger partial charge in [0, 0.05) is 11.5 Å². The molecule has 7 heteroatoms. The average Bonchev–Trinajstić information content (AvgIpc) is 2.87. The first-order valence-corrected chi connectivity index (χ1v) is 9.30. The Bertz CT molecular complexity index is 738. The van der Waals surface area contributed by atoms with Crippen LogP contribution in [0.5, 0.6) is 0 Å². The molecule has 0 saturated carbocycles. The van der Waals surface area contributed by atoms with Gasteiger partial charge in [0.1, 0.15) is 12.4 Å². The second kappa shape index (κ2) is 8.03. The number of hydrogen-bond donors (Lipinski definition) is 1. The summed E-state index contributed by atoms with van der Waals surface area (Å²) in [6.45, 7) is 7.03. The van der Waals surface area contributed by atoms with E-state index in [4.69, 9.17) is 0 Å². The van der Waals surface area contributed by atoms with Crippen LogP contribution in [0.4, 0.5) is 4.39 Å². The molecule has 26 heavy (non-hydrogen) atoms. The molecule has 0 aromatic heterocycles. The van der Waals surface area contributed by atoms with Gasteiger partial charge < -0.3 is 5.32 Å². The lowest BCUT2D eigenvalue weighted by atomic mass is 9.91. The fourth-order valence-corrected chi connectivity index (χ4v) is 3.23. The Kier molecular flexibility index (Phi) is 6.23. The first kappa shape index (κ1) is 20.2. The molecule has 0 aliphatic carbocycles. The lowest BCUT2D eigenvalue weighted by Crippen LogP contribution is -2.38. The second-order valence-electron chi connectivity index (χ2n) is 7.21. The van der Waals surface area contributed by atoms with E-state index in [9.17, 15) is 18.8 Å². The highest BCUT2D eigenvalue weighted by Crippen LogP contribution is 2.30. The summed E-state index contributed by atoms with van der Waals surface area (Å²) in [5.74, 6) is -0.770. The van der Waals surface area contributed by atoms with E-state index in [0.717, 1.165) is 5.56 Å². The van der Waals surface area contributed by atoms with E-state index in [1.54, 1.807) is 39.8 Å². The summed E-state index contributed by atoms with van der Waals surface area (Å²) in [4.78, 5) is 37.9. The molecule has 0 bridgehead atoms. The summed E-state index contributed by atoms with van der Waals surface area (Å²) in [5.41, 5.74) is 0.213. The van der Waals surface area contributed by atoms with E-state index in [0.29, 0.717) is 5.03 Å². The molecule has 5 nitrogen and oxygen atoms in total. The van der Waals surface area contributed by atoms with Crippen molar-refractivity contribution in [2.45, 2.75) is 33.7 Å². The zero-order valence-electron chi connectivity index (χ0n) is 15.3. The van der Waals surface area contributed by atoms with Crippen molar-refractivity contribution in [2.24, 2.45) is 5.41 Å². The van der Waals surface area contributed by atoms with Crippen molar-refractivity contribution in [3.8, 4) is 0 Å². The van der Waals surface area contributed by atoms with Crippen LogP contribution in [0.1, 0.15) is 39.3 Å². The molecule has 1 aromatic rings. The Morgan fingerprint density at radius 3 is 2.50 bits per heavy atom. The minimum absolute atomic E-state index is 0.0974. The highest BCUT2D eigenvalue weighted by molar-refractivity contribution is 8.04. The Labute approximate surface area is 157 Å². The summed E-state index contributed by atoms with van der Waals surface area (Å²) in [6, 6.07) is 5.54. The second-order valence-corrected chi connectivity index (χ2v) is 8.20. The highest BCUT2D eigenvalue weighted by atomic mass is 32.2.